The predicted molar refractivity (Wildman–Crippen MR) is 127 cm³/mol. The van der Waals surface area contributed by atoms with Crippen molar-refractivity contribution in [2.75, 3.05) is 39.3 Å². The van der Waals surface area contributed by atoms with Crippen LogP contribution in [-0.4, -0.2) is 67.4 Å². The molecule has 0 atom stereocenters. The maximum atomic E-state index is 13.1. The quantitative estimate of drug-likeness (QED) is 0.614. The van der Waals surface area contributed by atoms with Crippen molar-refractivity contribution < 1.29 is 13.2 Å². The number of hydrogen-bond donors (Lipinski definition) is 1. The number of carbonyl (C=O) groups excluding carboxylic acids is 1. The minimum absolute atomic E-state index is 0.0117. The molecule has 0 spiro atoms. The van der Waals surface area contributed by atoms with Crippen LogP contribution in [0.3, 0.4) is 0 Å². The molecular weight excluding hydrogens is 424 g/mol. The molecule has 1 N–H and O–H groups in total. The van der Waals surface area contributed by atoms with Crippen molar-refractivity contribution in [3.05, 3.63) is 30.5 Å². The molecular formula is C24H36N4O3S. The lowest BCUT2D eigenvalue weighted by atomic mass is 10.1. The number of piperidine rings is 1. The minimum atomic E-state index is -3.47. The number of hydrogen-bond acceptors (Lipinski definition) is 4. The molecule has 2 aliphatic rings. The first-order valence-corrected chi connectivity index (χ1v) is 13.6. The minimum Gasteiger partial charge on any atom is -0.355 e. The van der Waals surface area contributed by atoms with E-state index in [1.165, 1.54) is 32.4 Å². The first-order chi connectivity index (χ1) is 15.5. The van der Waals surface area contributed by atoms with Gasteiger partial charge in [0, 0.05) is 36.7 Å². The van der Waals surface area contributed by atoms with Crippen molar-refractivity contribution in [3.8, 4) is 0 Å². The lowest BCUT2D eigenvalue weighted by Gasteiger charge is -2.26. The molecule has 1 aromatic heterocycles. The largest absolute Gasteiger partial charge is 0.355 e. The molecule has 7 nitrogen and oxygen atoms in total. The first-order valence-electron chi connectivity index (χ1n) is 12.1. The van der Waals surface area contributed by atoms with E-state index in [0.29, 0.717) is 24.5 Å². The van der Waals surface area contributed by atoms with Gasteiger partial charge in [-0.25, -0.2) is 8.42 Å². The van der Waals surface area contributed by atoms with E-state index in [2.05, 4.69) is 10.2 Å². The van der Waals surface area contributed by atoms with Crippen molar-refractivity contribution in [3.63, 3.8) is 0 Å². The summed E-state index contributed by atoms with van der Waals surface area (Å²) in [6.07, 6.45) is 10.8. The highest BCUT2D eigenvalue weighted by atomic mass is 32.2. The number of aromatic nitrogens is 1. The maximum Gasteiger partial charge on any atom is 0.243 e. The Balaban J connectivity index is 1.33. The summed E-state index contributed by atoms with van der Waals surface area (Å²) in [6, 6.07) is 7.13. The zero-order valence-electron chi connectivity index (χ0n) is 19.0. The highest BCUT2D eigenvalue weighted by molar-refractivity contribution is 7.89. The average Bonchev–Trinajstić information content (AvgIpc) is 3.00. The van der Waals surface area contributed by atoms with Crippen LogP contribution in [0.1, 0.15) is 51.4 Å². The summed E-state index contributed by atoms with van der Waals surface area (Å²) in [5.41, 5.74) is 0.878. The number of likely N-dealkylation sites (tertiary alicyclic amines) is 1. The molecule has 2 saturated heterocycles. The predicted octanol–water partition coefficient (Wildman–Crippen LogP) is 3.20. The summed E-state index contributed by atoms with van der Waals surface area (Å²) in [6.45, 7) is 5.52. The van der Waals surface area contributed by atoms with Crippen LogP contribution in [0.4, 0.5) is 0 Å². The lowest BCUT2D eigenvalue weighted by molar-refractivity contribution is -0.121. The highest BCUT2D eigenvalue weighted by Gasteiger charge is 2.25. The van der Waals surface area contributed by atoms with Crippen molar-refractivity contribution in [1.29, 1.82) is 0 Å². The maximum absolute atomic E-state index is 13.1. The highest BCUT2D eigenvalue weighted by Crippen LogP contribution is 2.25. The molecule has 176 valence electrons. The van der Waals surface area contributed by atoms with Gasteiger partial charge in [-0.05, 0) is 76.0 Å². The topological polar surface area (TPSA) is 74.6 Å². The van der Waals surface area contributed by atoms with Crippen LogP contribution in [0.5, 0.6) is 0 Å². The van der Waals surface area contributed by atoms with Gasteiger partial charge in [-0.1, -0.05) is 19.3 Å². The fourth-order valence-corrected chi connectivity index (χ4v) is 6.38. The molecule has 32 heavy (non-hydrogen) atoms. The zero-order chi connectivity index (χ0) is 22.4. The number of nitrogens with zero attached hydrogens (tertiary/aromatic N) is 3. The second kappa shape index (κ2) is 10.8. The lowest BCUT2D eigenvalue weighted by Crippen LogP contribution is -2.34. The van der Waals surface area contributed by atoms with Crippen LogP contribution < -0.4 is 5.32 Å². The van der Waals surface area contributed by atoms with Gasteiger partial charge in [0.2, 0.25) is 15.9 Å². The van der Waals surface area contributed by atoms with E-state index in [9.17, 15) is 13.2 Å². The molecule has 1 amide bonds. The van der Waals surface area contributed by atoms with Gasteiger partial charge in [-0.3, -0.25) is 4.79 Å². The van der Waals surface area contributed by atoms with Crippen molar-refractivity contribution in [2.45, 2.75) is 62.8 Å². The number of benzene rings is 1. The van der Waals surface area contributed by atoms with Gasteiger partial charge in [-0.15, -0.1) is 0 Å². The van der Waals surface area contributed by atoms with Gasteiger partial charge < -0.3 is 14.8 Å². The second-order valence-electron chi connectivity index (χ2n) is 9.09. The molecule has 0 saturated carbocycles. The van der Waals surface area contributed by atoms with Gasteiger partial charge in [0.1, 0.15) is 6.54 Å². The molecule has 2 fully saturated rings. The second-order valence-corrected chi connectivity index (χ2v) is 11.0. The van der Waals surface area contributed by atoms with E-state index < -0.39 is 10.0 Å². The summed E-state index contributed by atoms with van der Waals surface area (Å²) in [5, 5.41) is 3.87. The summed E-state index contributed by atoms with van der Waals surface area (Å²) < 4.78 is 29.7. The van der Waals surface area contributed by atoms with E-state index in [1.54, 1.807) is 16.4 Å². The van der Waals surface area contributed by atoms with Crippen LogP contribution in [0.25, 0.3) is 10.9 Å². The van der Waals surface area contributed by atoms with E-state index in [1.807, 2.05) is 22.9 Å². The molecule has 0 aliphatic carbocycles. The average molecular weight is 461 g/mol. The Hall–Kier alpha value is -1.90. The van der Waals surface area contributed by atoms with E-state index in [0.717, 1.165) is 49.6 Å². The van der Waals surface area contributed by atoms with Gasteiger partial charge >= 0.3 is 0 Å². The van der Waals surface area contributed by atoms with Gasteiger partial charge in [0.25, 0.3) is 0 Å². The Bertz CT molecular complexity index is 1000. The molecule has 1 aromatic carbocycles. The Morgan fingerprint density at radius 2 is 1.59 bits per heavy atom. The first kappa shape index (κ1) is 23.3. The number of fused-ring (bicyclic) bond motifs is 1. The summed E-state index contributed by atoms with van der Waals surface area (Å²) in [5.74, 6) is -0.0117. The molecule has 0 radical (unpaired) electrons. The summed E-state index contributed by atoms with van der Waals surface area (Å²) in [7, 11) is -3.47. The fourth-order valence-electron chi connectivity index (χ4n) is 4.83. The normalized spacial score (nSPS) is 19.1. The van der Waals surface area contributed by atoms with Crippen LogP contribution in [0.2, 0.25) is 0 Å². The smallest absolute Gasteiger partial charge is 0.243 e. The van der Waals surface area contributed by atoms with Crippen molar-refractivity contribution in [2.24, 2.45) is 0 Å². The van der Waals surface area contributed by atoms with Crippen molar-refractivity contribution >= 4 is 26.8 Å². The van der Waals surface area contributed by atoms with E-state index in [4.69, 9.17) is 0 Å². The number of amides is 1. The Morgan fingerprint density at radius 3 is 2.34 bits per heavy atom. The summed E-state index contributed by atoms with van der Waals surface area (Å²) >= 11 is 0. The number of sulfonamides is 1. The molecule has 0 unspecified atom stereocenters. The van der Waals surface area contributed by atoms with Crippen molar-refractivity contribution in [1.82, 2.24) is 19.1 Å². The Kier molecular flexibility index (Phi) is 7.86. The van der Waals surface area contributed by atoms with E-state index >= 15 is 0 Å². The van der Waals surface area contributed by atoms with Gasteiger partial charge in [0.05, 0.1) is 4.90 Å². The van der Waals surface area contributed by atoms with Crippen LogP contribution in [0.15, 0.2) is 35.4 Å². The van der Waals surface area contributed by atoms with Crippen LogP contribution in [-0.2, 0) is 21.4 Å². The number of nitrogens with one attached hydrogen (secondary N) is 1. The summed E-state index contributed by atoms with van der Waals surface area (Å²) in [4.78, 5) is 15.2. The third kappa shape index (κ3) is 5.71. The SMILES string of the molecule is O=C(Cn1ccc2cc(S(=O)(=O)N3CCCCCC3)ccc21)NCCCN1CCCCC1. The molecule has 2 aromatic rings. The Labute approximate surface area is 191 Å². The number of rotatable bonds is 8. The van der Waals surface area contributed by atoms with Crippen LogP contribution in [0, 0.1) is 0 Å². The van der Waals surface area contributed by atoms with Crippen LogP contribution >= 0.6 is 0 Å². The fraction of sp³-hybridized carbons (Fsp3) is 0.625. The van der Waals surface area contributed by atoms with E-state index in [-0.39, 0.29) is 12.5 Å². The molecule has 2 aliphatic heterocycles. The molecule has 0 bridgehead atoms. The zero-order valence-corrected chi connectivity index (χ0v) is 19.8. The number of carbonyl (C=O) groups is 1. The molecule has 8 heteroatoms. The monoisotopic (exact) mass is 460 g/mol. The Morgan fingerprint density at radius 1 is 0.906 bits per heavy atom. The third-order valence-corrected chi connectivity index (χ3v) is 8.58. The molecule has 4 rings (SSSR count). The standard InChI is InChI=1S/C24H36N4O3S/c29-24(25-12-8-15-26-13-4-3-5-14-26)20-27-18-11-21-19-22(9-10-23(21)27)32(30,31)28-16-6-1-2-7-17-28/h9-11,18-19H,1-8,12-17,20H2,(H,25,29). The van der Waals surface area contributed by atoms with Gasteiger partial charge in [0.15, 0.2) is 0 Å². The molecule has 3 heterocycles. The van der Waals surface area contributed by atoms with Gasteiger partial charge in [-0.2, -0.15) is 4.31 Å². The third-order valence-electron chi connectivity index (χ3n) is 6.68.